The monoisotopic (exact) mass is 325 g/mol. The number of hydrogen-bond acceptors (Lipinski definition) is 4. The summed E-state index contributed by atoms with van der Waals surface area (Å²) in [5, 5.41) is 0. The summed E-state index contributed by atoms with van der Waals surface area (Å²) in [4.78, 5) is 26.9. The fraction of sp³-hybridized carbons (Fsp3) is 0.353. The number of fused-ring (bicyclic) bond motifs is 1. The molecule has 1 fully saturated rings. The van der Waals surface area contributed by atoms with Gasteiger partial charge in [0.25, 0.3) is 5.91 Å². The lowest BCUT2D eigenvalue weighted by molar-refractivity contribution is -0.00528. The normalized spacial score (nSPS) is 18.2. The van der Waals surface area contributed by atoms with E-state index in [9.17, 15) is 4.79 Å². The Kier molecular flexibility index (Phi) is 3.57. The summed E-state index contributed by atoms with van der Waals surface area (Å²) in [5.41, 5.74) is 3.22. The quantitative estimate of drug-likeness (QED) is 0.781. The molecule has 3 aromatic heterocycles. The Morgan fingerprint density at radius 1 is 1.38 bits per heavy atom. The van der Waals surface area contributed by atoms with Crippen LogP contribution in [0.3, 0.4) is 0 Å². The molecular formula is C17H19N5O2. The summed E-state index contributed by atoms with van der Waals surface area (Å²) in [7, 11) is 0. The topological polar surface area (TPSA) is 75.5 Å². The Bertz CT molecular complexity index is 897. The highest BCUT2D eigenvalue weighted by atomic mass is 16.5. The van der Waals surface area contributed by atoms with Crippen LogP contribution in [0, 0.1) is 13.8 Å². The maximum Gasteiger partial charge on any atom is 0.274 e. The first-order valence-corrected chi connectivity index (χ1v) is 7.98. The van der Waals surface area contributed by atoms with Gasteiger partial charge in [-0.1, -0.05) is 6.07 Å². The fourth-order valence-electron chi connectivity index (χ4n) is 3.07. The second-order valence-corrected chi connectivity index (χ2v) is 6.06. The van der Waals surface area contributed by atoms with Crippen molar-refractivity contribution in [3.63, 3.8) is 0 Å². The van der Waals surface area contributed by atoms with Crippen LogP contribution < -0.4 is 0 Å². The lowest BCUT2D eigenvalue weighted by Gasteiger charge is -2.33. The van der Waals surface area contributed by atoms with Crippen molar-refractivity contribution in [1.29, 1.82) is 0 Å². The predicted octanol–water partition coefficient (Wildman–Crippen LogP) is 1.89. The second-order valence-electron chi connectivity index (χ2n) is 6.06. The number of morpholine rings is 1. The summed E-state index contributed by atoms with van der Waals surface area (Å²) in [5.74, 6) is 0.654. The molecule has 7 nitrogen and oxygen atoms in total. The molecule has 4 rings (SSSR count). The number of hydrogen-bond donors (Lipinski definition) is 1. The molecule has 0 bridgehead atoms. The van der Waals surface area contributed by atoms with E-state index in [1.54, 1.807) is 17.3 Å². The number of imidazole rings is 2. The Morgan fingerprint density at radius 3 is 3.00 bits per heavy atom. The van der Waals surface area contributed by atoms with Crippen LogP contribution in [-0.2, 0) is 4.74 Å². The first-order valence-electron chi connectivity index (χ1n) is 7.98. The van der Waals surface area contributed by atoms with Gasteiger partial charge < -0.3 is 19.0 Å². The van der Waals surface area contributed by atoms with Gasteiger partial charge in [0.1, 0.15) is 23.2 Å². The van der Waals surface area contributed by atoms with Gasteiger partial charge in [-0.3, -0.25) is 4.79 Å². The van der Waals surface area contributed by atoms with Gasteiger partial charge in [-0.05, 0) is 26.0 Å². The van der Waals surface area contributed by atoms with Crippen molar-refractivity contribution in [2.75, 3.05) is 19.8 Å². The van der Waals surface area contributed by atoms with Crippen molar-refractivity contribution in [1.82, 2.24) is 24.3 Å². The Hall–Kier alpha value is -2.67. The number of rotatable bonds is 2. The lowest BCUT2D eigenvalue weighted by Crippen LogP contribution is -2.44. The van der Waals surface area contributed by atoms with Crippen LogP contribution in [0.2, 0.25) is 0 Å². The van der Waals surface area contributed by atoms with Gasteiger partial charge in [0.05, 0.1) is 13.2 Å². The summed E-state index contributed by atoms with van der Waals surface area (Å²) in [6.45, 7) is 5.42. The molecule has 7 heteroatoms. The largest absolute Gasteiger partial charge is 0.377 e. The molecule has 24 heavy (non-hydrogen) atoms. The molecule has 1 aliphatic rings. The number of pyridine rings is 1. The maximum atomic E-state index is 13.0. The molecule has 0 aromatic carbocycles. The number of carbonyl (C=O) groups excluding carboxylic acids is 1. The minimum atomic E-state index is -0.217. The van der Waals surface area contributed by atoms with Crippen LogP contribution in [0.15, 0.2) is 30.6 Å². The van der Waals surface area contributed by atoms with E-state index in [1.807, 2.05) is 36.4 Å². The molecule has 0 saturated carbocycles. The molecule has 1 atom stereocenters. The third kappa shape index (κ3) is 2.46. The SMILES string of the molecule is Cc1cnc(C2COCCN2C(=O)c2cn3c(C)cccc3n2)[nH]1. The van der Waals surface area contributed by atoms with Crippen molar-refractivity contribution in [3.8, 4) is 0 Å². The van der Waals surface area contributed by atoms with Gasteiger partial charge in [-0.25, -0.2) is 9.97 Å². The number of H-pyrrole nitrogens is 1. The van der Waals surface area contributed by atoms with Gasteiger partial charge >= 0.3 is 0 Å². The van der Waals surface area contributed by atoms with Crippen LogP contribution >= 0.6 is 0 Å². The lowest BCUT2D eigenvalue weighted by atomic mass is 10.2. The van der Waals surface area contributed by atoms with Gasteiger partial charge in [-0.2, -0.15) is 0 Å². The minimum Gasteiger partial charge on any atom is -0.377 e. The van der Waals surface area contributed by atoms with Gasteiger partial charge in [0.2, 0.25) is 0 Å². The third-order valence-corrected chi connectivity index (χ3v) is 4.34. The van der Waals surface area contributed by atoms with Crippen LogP contribution in [-0.4, -0.2) is 49.9 Å². The first kappa shape index (κ1) is 14.9. The van der Waals surface area contributed by atoms with Crippen LogP contribution in [0.5, 0.6) is 0 Å². The average molecular weight is 325 g/mol. The van der Waals surface area contributed by atoms with Gasteiger partial charge in [0, 0.05) is 30.3 Å². The summed E-state index contributed by atoms with van der Waals surface area (Å²) >= 11 is 0. The van der Waals surface area contributed by atoms with E-state index in [0.717, 1.165) is 22.9 Å². The molecule has 0 radical (unpaired) electrons. The molecule has 3 aromatic rings. The fourth-order valence-corrected chi connectivity index (χ4v) is 3.07. The predicted molar refractivity (Wildman–Crippen MR) is 87.9 cm³/mol. The molecule has 1 amide bonds. The van der Waals surface area contributed by atoms with E-state index >= 15 is 0 Å². The Morgan fingerprint density at radius 2 is 2.25 bits per heavy atom. The van der Waals surface area contributed by atoms with E-state index < -0.39 is 0 Å². The average Bonchev–Trinajstić information content (AvgIpc) is 3.21. The van der Waals surface area contributed by atoms with Crippen molar-refractivity contribution in [2.45, 2.75) is 19.9 Å². The zero-order chi connectivity index (χ0) is 16.7. The number of nitrogens with one attached hydrogen (secondary N) is 1. The Labute approximate surface area is 139 Å². The van der Waals surface area contributed by atoms with Crippen LogP contribution in [0.4, 0.5) is 0 Å². The standard InChI is InChI=1S/C17H19N5O2/c1-11-8-18-16(19-11)14-10-24-7-6-21(14)17(23)13-9-22-12(2)4-3-5-15(22)20-13/h3-5,8-9,14H,6-7,10H2,1-2H3,(H,18,19). The zero-order valence-electron chi connectivity index (χ0n) is 13.7. The molecule has 1 unspecified atom stereocenters. The number of aromatic nitrogens is 4. The highest BCUT2D eigenvalue weighted by Crippen LogP contribution is 2.24. The molecular weight excluding hydrogens is 306 g/mol. The Balaban J connectivity index is 1.69. The van der Waals surface area contributed by atoms with Crippen molar-refractivity contribution < 1.29 is 9.53 Å². The number of aryl methyl sites for hydroxylation is 2. The third-order valence-electron chi connectivity index (χ3n) is 4.34. The summed E-state index contributed by atoms with van der Waals surface area (Å²) < 4.78 is 7.49. The van der Waals surface area contributed by atoms with E-state index in [0.29, 0.717) is 25.5 Å². The molecule has 0 aliphatic carbocycles. The number of amides is 1. The summed E-state index contributed by atoms with van der Waals surface area (Å²) in [6.07, 6.45) is 3.56. The van der Waals surface area contributed by atoms with Crippen LogP contribution in [0.25, 0.3) is 5.65 Å². The number of nitrogens with zero attached hydrogens (tertiary/aromatic N) is 4. The molecule has 1 N–H and O–H groups in total. The summed E-state index contributed by atoms with van der Waals surface area (Å²) in [6, 6.07) is 5.61. The first-order chi connectivity index (χ1) is 11.6. The number of carbonyl (C=O) groups is 1. The van der Waals surface area contributed by atoms with E-state index in [4.69, 9.17) is 4.74 Å². The van der Waals surface area contributed by atoms with E-state index in [-0.39, 0.29) is 11.9 Å². The molecule has 0 spiro atoms. The highest BCUT2D eigenvalue weighted by molar-refractivity contribution is 5.93. The molecule has 1 saturated heterocycles. The van der Waals surface area contributed by atoms with E-state index in [1.165, 1.54) is 0 Å². The van der Waals surface area contributed by atoms with E-state index in [2.05, 4.69) is 15.0 Å². The smallest absolute Gasteiger partial charge is 0.274 e. The minimum absolute atomic E-state index is 0.0968. The zero-order valence-corrected chi connectivity index (χ0v) is 13.7. The number of ether oxygens (including phenoxy) is 1. The maximum absolute atomic E-state index is 13.0. The molecule has 4 heterocycles. The second kappa shape index (κ2) is 5.76. The molecule has 124 valence electrons. The number of aromatic amines is 1. The van der Waals surface area contributed by atoms with Gasteiger partial charge in [-0.15, -0.1) is 0 Å². The van der Waals surface area contributed by atoms with Gasteiger partial charge in [0.15, 0.2) is 0 Å². The van der Waals surface area contributed by atoms with Crippen molar-refractivity contribution in [2.24, 2.45) is 0 Å². The molecule has 1 aliphatic heterocycles. The van der Waals surface area contributed by atoms with Crippen LogP contribution in [0.1, 0.15) is 33.7 Å². The highest BCUT2D eigenvalue weighted by Gasteiger charge is 2.32. The van der Waals surface area contributed by atoms with Crippen molar-refractivity contribution in [3.05, 3.63) is 53.5 Å². The van der Waals surface area contributed by atoms with Crippen molar-refractivity contribution >= 4 is 11.6 Å².